The topological polar surface area (TPSA) is 142 Å². The third-order valence-corrected chi connectivity index (χ3v) is 8.28. The van der Waals surface area contributed by atoms with Crippen LogP contribution in [0, 0.1) is 5.82 Å². The van der Waals surface area contributed by atoms with E-state index in [9.17, 15) is 14.7 Å². The fourth-order valence-corrected chi connectivity index (χ4v) is 5.57. The second-order valence-corrected chi connectivity index (χ2v) is 12.5. The molecule has 1 aliphatic rings. The number of quaternary nitrogens is 1. The van der Waals surface area contributed by atoms with Crippen LogP contribution in [0.4, 0.5) is 15.9 Å². The summed E-state index contributed by atoms with van der Waals surface area (Å²) in [6.45, 7) is 7.36. The number of aliphatic hydroxyl groups is 1. The number of likely N-dealkylation sites (N-methyl/N-ethyl adjacent to an activating group) is 1. The molecule has 0 fully saturated rings. The number of aryl methyl sites for hydroxylation is 1. The van der Waals surface area contributed by atoms with Crippen LogP contribution in [0.25, 0.3) is 27.8 Å². The van der Waals surface area contributed by atoms with Gasteiger partial charge in [0.05, 0.1) is 50.3 Å². The lowest BCUT2D eigenvalue weighted by atomic mass is 9.86. The number of benzene rings is 1. The Morgan fingerprint density at radius 2 is 1.91 bits per heavy atom. The molecule has 0 aliphatic carbocycles. The van der Waals surface area contributed by atoms with Gasteiger partial charge in [-0.05, 0) is 35.2 Å². The monoisotopic (exact) mass is 616 g/mol. The molecule has 0 saturated carbocycles. The van der Waals surface area contributed by atoms with Gasteiger partial charge in [-0.3, -0.25) is 14.3 Å². The Kier molecular flexibility index (Phi) is 7.38. The number of nitrogens with one attached hydrogen (secondary N) is 1. The Labute approximate surface area is 257 Å². The highest BCUT2D eigenvalue weighted by molar-refractivity contribution is 5.82. The van der Waals surface area contributed by atoms with Crippen LogP contribution in [0.5, 0.6) is 0 Å². The Morgan fingerprint density at radius 1 is 1.13 bits per heavy atom. The van der Waals surface area contributed by atoms with Crippen LogP contribution in [0.1, 0.15) is 37.6 Å². The Morgan fingerprint density at radius 3 is 2.62 bits per heavy atom. The Hall–Kier alpha value is -4.79. The van der Waals surface area contributed by atoms with Crippen molar-refractivity contribution in [3.05, 3.63) is 86.1 Å². The van der Waals surface area contributed by atoms with E-state index >= 15 is 4.39 Å². The van der Waals surface area contributed by atoms with Gasteiger partial charge in [0.2, 0.25) is 0 Å². The first kappa shape index (κ1) is 30.2. The SMILES string of the molecule is CO[N+]1(C)CCn2nc(Nc3cc(-c4ccnc(-n5ncc6cc(C(C)(C)C)cc(F)c6c5=O)c4CO)nn(C)c3=O)cc2C1. The van der Waals surface area contributed by atoms with Gasteiger partial charge in [-0.2, -0.15) is 24.6 Å². The summed E-state index contributed by atoms with van der Waals surface area (Å²) in [7, 11) is 5.18. The number of hydrogen-bond donors (Lipinski definition) is 2. The zero-order valence-corrected chi connectivity index (χ0v) is 26.0. The summed E-state index contributed by atoms with van der Waals surface area (Å²) in [5.74, 6) is -0.153. The van der Waals surface area contributed by atoms with Crippen molar-refractivity contribution in [3.63, 3.8) is 0 Å². The fourth-order valence-electron chi connectivity index (χ4n) is 5.57. The van der Waals surface area contributed by atoms with Crippen LogP contribution in [-0.4, -0.2) is 64.8 Å². The van der Waals surface area contributed by atoms with E-state index in [1.54, 1.807) is 25.3 Å². The number of pyridine rings is 1. The number of aliphatic hydroxyl groups excluding tert-OH is 1. The van der Waals surface area contributed by atoms with Gasteiger partial charge < -0.3 is 10.4 Å². The van der Waals surface area contributed by atoms with Gasteiger partial charge in [-0.15, -0.1) is 0 Å². The minimum atomic E-state index is -0.715. The largest absolute Gasteiger partial charge is 0.392 e. The van der Waals surface area contributed by atoms with Crippen LogP contribution < -0.4 is 16.4 Å². The van der Waals surface area contributed by atoms with E-state index in [0.717, 1.165) is 22.5 Å². The van der Waals surface area contributed by atoms with Crippen LogP contribution in [-0.2, 0) is 37.0 Å². The highest BCUT2D eigenvalue weighted by Gasteiger charge is 2.31. The van der Waals surface area contributed by atoms with Crippen LogP contribution in [0.15, 0.2) is 52.3 Å². The average molecular weight is 617 g/mol. The molecule has 14 heteroatoms. The van der Waals surface area contributed by atoms with Gasteiger partial charge >= 0.3 is 0 Å². The Balaban J connectivity index is 1.41. The maximum Gasteiger partial charge on any atom is 0.290 e. The fraction of sp³-hybridized carbons (Fsp3) is 0.355. The summed E-state index contributed by atoms with van der Waals surface area (Å²) in [6, 6.07) is 8.16. The molecule has 1 aliphatic heterocycles. The molecule has 0 radical (unpaired) electrons. The lowest BCUT2D eigenvalue weighted by molar-refractivity contribution is -1.10. The second-order valence-electron chi connectivity index (χ2n) is 12.5. The van der Waals surface area contributed by atoms with E-state index in [1.807, 2.05) is 38.6 Å². The average Bonchev–Trinajstić information content (AvgIpc) is 3.39. The molecule has 4 aromatic heterocycles. The number of hydrogen-bond acceptors (Lipinski definition) is 9. The van der Waals surface area contributed by atoms with Crippen molar-refractivity contribution in [2.24, 2.45) is 7.05 Å². The molecule has 6 rings (SSSR count). The highest BCUT2D eigenvalue weighted by atomic mass is 19.1. The van der Waals surface area contributed by atoms with Crippen molar-refractivity contribution < 1.29 is 19.0 Å². The molecule has 0 saturated heterocycles. The number of fused-ring (bicyclic) bond motifs is 2. The molecule has 45 heavy (non-hydrogen) atoms. The molecule has 1 unspecified atom stereocenters. The van der Waals surface area contributed by atoms with Crippen LogP contribution in [0.3, 0.4) is 0 Å². The number of aromatic nitrogens is 7. The number of nitrogens with zero attached hydrogens (tertiary/aromatic N) is 8. The molecule has 5 aromatic rings. The predicted molar refractivity (Wildman–Crippen MR) is 165 cm³/mol. The van der Waals surface area contributed by atoms with E-state index in [0.29, 0.717) is 40.2 Å². The van der Waals surface area contributed by atoms with Gasteiger partial charge in [-0.1, -0.05) is 20.8 Å². The zero-order valence-electron chi connectivity index (χ0n) is 26.0. The van der Waals surface area contributed by atoms with Crippen molar-refractivity contribution in [2.75, 3.05) is 26.0 Å². The van der Waals surface area contributed by atoms with E-state index in [2.05, 4.69) is 25.6 Å². The summed E-state index contributed by atoms with van der Waals surface area (Å²) in [4.78, 5) is 36.6. The second kappa shape index (κ2) is 11.0. The van der Waals surface area contributed by atoms with Crippen LogP contribution in [0.2, 0.25) is 0 Å². The summed E-state index contributed by atoms with van der Waals surface area (Å²) in [6.07, 6.45) is 2.85. The Bertz CT molecular complexity index is 2080. The maximum atomic E-state index is 15.3. The highest BCUT2D eigenvalue weighted by Crippen LogP contribution is 2.29. The number of anilines is 2. The number of hydroxylamine groups is 3. The molecule has 0 amide bonds. The predicted octanol–water partition coefficient (Wildman–Crippen LogP) is 2.93. The van der Waals surface area contributed by atoms with Gasteiger partial charge in [0, 0.05) is 35.8 Å². The maximum absolute atomic E-state index is 15.3. The van der Waals surface area contributed by atoms with Gasteiger partial charge in [-0.25, -0.2) is 18.9 Å². The van der Waals surface area contributed by atoms with Gasteiger partial charge in [0.1, 0.15) is 18.0 Å². The standard InChI is InChI=1S/C31H35FN9O4/c1-31(2,3)19-11-18-15-34-40(30(44)27(18)23(32)12-19)28-22(17-42)21(7-8-33-28)24-14-25(29(43)38(4)36-24)35-26-13-20-16-41(5,45-6)10-9-39(20)37-26/h7-8,11-15,42H,9-10,16-17H2,1-6H3,(H,35,37)/q+1. The van der Waals surface area contributed by atoms with Crippen molar-refractivity contribution >= 4 is 22.3 Å². The van der Waals surface area contributed by atoms with Crippen molar-refractivity contribution in [1.82, 2.24) is 34.3 Å². The first-order valence-corrected chi connectivity index (χ1v) is 14.5. The smallest absolute Gasteiger partial charge is 0.290 e. The van der Waals surface area contributed by atoms with Crippen molar-refractivity contribution in [2.45, 2.75) is 45.9 Å². The quantitative estimate of drug-likeness (QED) is 0.276. The molecular formula is C31H35FN9O4+. The van der Waals surface area contributed by atoms with Crippen molar-refractivity contribution in [1.29, 1.82) is 0 Å². The normalized spacial score (nSPS) is 16.6. The van der Waals surface area contributed by atoms with Gasteiger partial charge in [0.15, 0.2) is 18.2 Å². The van der Waals surface area contributed by atoms with E-state index < -0.39 is 18.0 Å². The number of rotatable bonds is 6. The minimum Gasteiger partial charge on any atom is -0.392 e. The first-order valence-electron chi connectivity index (χ1n) is 14.5. The molecule has 0 spiro atoms. The van der Waals surface area contributed by atoms with E-state index in [1.165, 1.54) is 30.2 Å². The summed E-state index contributed by atoms with van der Waals surface area (Å²) in [5, 5.41) is 27.2. The third kappa shape index (κ3) is 5.41. The molecule has 13 nitrogen and oxygen atoms in total. The lowest BCUT2D eigenvalue weighted by Crippen LogP contribution is -2.48. The molecule has 1 atom stereocenters. The number of halogens is 1. The van der Waals surface area contributed by atoms with Crippen molar-refractivity contribution in [3.8, 4) is 17.1 Å². The van der Waals surface area contributed by atoms with E-state index in [-0.39, 0.29) is 33.4 Å². The van der Waals surface area contributed by atoms with Gasteiger partial charge in [0.25, 0.3) is 11.1 Å². The molecule has 0 bridgehead atoms. The van der Waals surface area contributed by atoms with E-state index in [4.69, 9.17) is 4.84 Å². The molecule has 1 aromatic carbocycles. The van der Waals surface area contributed by atoms with Crippen LogP contribution >= 0.6 is 0 Å². The summed E-state index contributed by atoms with van der Waals surface area (Å²) < 4.78 is 19.8. The summed E-state index contributed by atoms with van der Waals surface area (Å²) >= 11 is 0. The summed E-state index contributed by atoms with van der Waals surface area (Å²) in [5.41, 5.74) is 1.43. The zero-order chi connectivity index (χ0) is 32.3. The third-order valence-electron chi connectivity index (χ3n) is 8.28. The molecular weight excluding hydrogens is 581 g/mol. The molecule has 2 N–H and O–H groups in total. The molecule has 234 valence electrons. The minimum absolute atomic E-state index is 0.0208. The molecule has 5 heterocycles. The first-order chi connectivity index (χ1) is 21.3. The lowest BCUT2D eigenvalue weighted by Gasteiger charge is -2.33.